The van der Waals surface area contributed by atoms with Gasteiger partial charge in [0, 0.05) is 6.20 Å². The largest absolute Gasteiger partial charge is 0.465 e. The van der Waals surface area contributed by atoms with E-state index in [0.717, 1.165) is 5.56 Å². The molecule has 1 aromatic heterocycles. The van der Waals surface area contributed by atoms with Crippen molar-refractivity contribution >= 4 is 17.7 Å². The van der Waals surface area contributed by atoms with Crippen molar-refractivity contribution in [1.82, 2.24) is 4.98 Å². The Balaban J connectivity index is 2.11. The molecule has 1 heterocycles. The summed E-state index contributed by atoms with van der Waals surface area (Å²) in [5, 5.41) is 2.70. The van der Waals surface area contributed by atoms with E-state index in [1.54, 1.807) is 0 Å². The third-order valence-electron chi connectivity index (χ3n) is 3.13. The summed E-state index contributed by atoms with van der Waals surface area (Å²) in [6.45, 7) is 1.81. The Morgan fingerprint density at radius 3 is 2.57 bits per heavy atom. The number of carbonyl (C=O) groups is 2. The van der Waals surface area contributed by atoms with E-state index in [0.29, 0.717) is 11.4 Å². The highest BCUT2D eigenvalue weighted by Crippen LogP contribution is 2.17. The van der Waals surface area contributed by atoms with Gasteiger partial charge in [-0.25, -0.2) is 9.78 Å². The lowest BCUT2D eigenvalue weighted by Gasteiger charge is -2.12. The molecule has 5 heteroatoms. The average molecular weight is 284 g/mol. The number of nitrogens with zero attached hydrogens (tertiary/aromatic N) is 1. The Hall–Kier alpha value is -2.69. The second-order valence-electron chi connectivity index (χ2n) is 4.54. The smallest absolute Gasteiger partial charge is 0.338 e. The molecule has 0 fully saturated rings. The zero-order chi connectivity index (χ0) is 15.2. The molecule has 21 heavy (non-hydrogen) atoms. The maximum Gasteiger partial charge on any atom is 0.338 e. The molecule has 5 nitrogen and oxygen atoms in total. The van der Waals surface area contributed by atoms with Crippen LogP contribution in [-0.2, 0) is 9.53 Å². The highest BCUT2D eigenvalue weighted by molar-refractivity contribution is 5.96. The standard InChI is InChI=1S/C16H16N2O3/c1-11(12-6-4-3-5-7-12)15(19)18-14-10-13(8-9-17-14)16(20)21-2/h3-11H,1-2H3,(H,17,18,19)/t11-/m0/s1. The van der Waals surface area contributed by atoms with Crippen LogP contribution in [0.3, 0.4) is 0 Å². The van der Waals surface area contributed by atoms with Gasteiger partial charge in [-0.3, -0.25) is 4.79 Å². The van der Waals surface area contributed by atoms with Gasteiger partial charge in [0.25, 0.3) is 0 Å². The van der Waals surface area contributed by atoms with Crippen molar-refractivity contribution in [3.8, 4) is 0 Å². The monoisotopic (exact) mass is 284 g/mol. The van der Waals surface area contributed by atoms with E-state index < -0.39 is 5.97 Å². The molecule has 0 aliphatic rings. The molecule has 1 atom stereocenters. The maximum atomic E-state index is 12.2. The normalized spacial score (nSPS) is 11.5. The Bertz CT molecular complexity index is 641. The van der Waals surface area contributed by atoms with Crippen LogP contribution in [0.5, 0.6) is 0 Å². The topological polar surface area (TPSA) is 68.3 Å². The SMILES string of the molecule is COC(=O)c1ccnc(NC(=O)[C@@H](C)c2ccccc2)c1. The summed E-state index contributed by atoms with van der Waals surface area (Å²) >= 11 is 0. The number of aromatic nitrogens is 1. The third kappa shape index (κ3) is 3.66. The quantitative estimate of drug-likeness (QED) is 0.876. The van der Waals surface area contributed by atoms with Gasteiger partial charge in [-0.05, 0) is 24.6 Å². The van der Waals surface area contributed by atoms with E-state index in [1.165, 1.54) is 25.4 Å². The number of hydrogen-bond acceptors (Lipinski definition) is 4. The molecule has 1 amide bonds. The third-order valence-corrected chi connectivity index (χ3v) is 3.13. The summed E-state index contributed by atoms with van der Waals surface area (Å²) in [4.78, 5) is 27.7. The first-order valence-corrected chi connectivity index (χ1v) is 6.52. The van der Waals surface area contributed by atoms with E-state index in [4.69, 9.17) is 0 Å². The van der Waals surface area contributed by atoms with Crippen molar-refractivity contribution in [3.63, 3.8) is 0 Å². The minimum absolute atomic E-state index is 0.185. The molecule has 0 saturated carbocycles. The van der Waals surface area contributed by atoms with Gasteiger partial charge in [0.15, 0.2) is 0 Å². The van der Waals surface area contributed by atoms with Crippen LogP contribution in [0.4, 0.5) is 5.82 Å². The molecule has 2 aromatic rings. The van der Waals surface area contributed by atoms with E-state index in [1.807, 2.05) is 37.3 Å². The summed E-state index contributed by atoms with van der Waals surface area (Å²) in [7, 11) is 1.30. The molecule has 0 saturated heterocycles. The Morgan fingerprint density at radius 2 is 1.90 bits per heavy atom. The number of hydrogen-bond donors (Lipinski definition) is 1. The average Bonchev–Trinajstić information content (AvgIpc) is 2.54. The molecular formula is C16H16N2O3. The van der Waals surface area contributed by atoms with E-state index in [9.17, 15) is 9.59 Å². The summed E-state index contributed by atoms with van der Waals surface area (Å²) in [5.74, 6) is -0.639. The minimum atomic E-state index is -0.469. The fraction of sp³-hybridized carbons (Fsp3) is 0.188. The summed E-state index contributed by atoms with van der Waals surface area (Å²) < 4.78 is 4.63. The van der Waals surface area contributed by atoms with Crippen LogP contribution in [0.2, 0.25) is 0 Å². The Kier molecular flexibility index (Phi) is 4.66. The predicted octanol–water partition coefficient (Wildman–Crippen LogP) is 2.61. The van der Waals surface area contributed by atoms with Crippen molar-refractivity contribution in [2.75, 3.05) is 12.4 Å². The number of ether oxygens (including phenoxy) is 1. The number of anilines is 1. The zero-order valence-electron chi connectivity index (χ0n) is 11.9. The molecule has 0 aliphatic carbocycles. The van der Waals surface area contributed by atoms with E-state index >= 15 is 0 Å². The number of methoxy groups -OCH3 is 1. The molecule has 0 radical (unpaired) electrons. The van der Waals surface area contributed by atoms with Gasteiger partial charge >= 0.3 is 5.97 Å². The Labute approximate surface area is 123 Å². The lowest BCUT2D eigenvalue weighted by atomic mass is 10.0. The summed E-state index contributed by atoms with van der Waals surface area (Å²) in [5.41, 5.74) is 1.26. The first-order chi connectivity index (χ1) is 10.1. The van der Waals surface area contributed by atoms with Gasteiger partial charge in [-0.1, -0.05) is 30.3 Å². The number of nitrogens with one attached hydrogen (secondary N) is 1. The second-order valence-corrected chi connectivity index (χ2v) is 4.54. The number of amides is 1. The molecule has 2 rings (SSSR count). The minimum Gasteiger partial charge on any atom is -0.465 e. The van der Waals surface area contributed by atoms with Crippen molar-refractivity contribution < 1.29 is 14.3 Å². The number of rotatable bonds is 4. The van der Waals surface area contributed by atoms with Crippen LogP contribution in [0.25, 0.3) is 0 Å². The molecule has 0 spiro atoms. The van der Waals surface area contributed by atoms with Gasteiger partial charge in [-0.2, -0.15) is 0 Å². The number of benzene rings is 1. The highest BCUT2D eigenvalue weighted by Gasteiger charge is 2.16. The van der Waals surface area contributed by atoms with Gasteiger partial charge in [0.1, 0.15) is 5.82 Å². The lowest BCUT2D eigenvalue weighted by Crippen LogP contribution is -2.19. The molecule has 0 bridgehead atoms. The first-order valence-electron chi connectivity index (χ1n) is 6.52. The van der Waals surface area contributed by atoms with E-state index in [-0.39, 0.29) is 11.8 Å². The molecule has 108 valence electrons. The molecule has 0 aliphatic heterocycles. The van der Waals surface area contributed by atoms with Crippen LogP contribution in [0.1, 0.15) is 28.8 Å². The van der Waals surface area contributed by atoms with Gasteiger partial charge < -0.3 is 10.1 Å². The maximum absolute atomic E-state index is 12.2. The number of carbonyl (C=O) groups excluding carboxylic acids is 2. The van der Waals surface area contributed by atoms with Crippen molar-refractivity contribution in [2.45, 2.75) is 12.8 Å². The fourth-order valence-corrected chi connectivity index (χ4v) is 1.87. The fourth-order valence-electron chi connectivity index (χ4n) is 1.87. The van der Waals surface area contributed by atoms with E-state index in [2.05, 4.69) is 15.0 Å². The summed E-state index contributed by atoms with van der Waals surface area (Å²) in [6.07, 6.45) is 1.45. The van der Waals surface area contributed by atoms with Crippen LogP contribution in [0.15, 0.2) is 48.7 Å². The van der Waals surface area contributed by atoms with Crippen LogP contribution in [-0.4, -0.2) is 24.0 Å². The van der Waals surface area contributed by atoms with Crippen LogP contribution in [0, 0.1) is 0 Å². The van der Waals surface area contributed by atoms with Crippen molar-refractivity contribution in [3.05, 3.63) is 59.8 Å². The Morgan fingerprint density at radius 1 is 1.19 bits per heavy atom. The van der Waals surface area contributed by atoms with Crippen LogP contribution < -0.4 is 5.32 Å². The van der Waals surface area contributed by atoms with Crippen molar-refractivity contribution in [2.24, 2.45) is 0 Å². The molecule has 1 N–H and O–H groups in total. The molecular weight excluding hydrogens is 268 g/mol. The second kappa shape index (κ2) is 6.65. The molecule has 0 unspecified atom stereocenters. The zero-order valence-corrected chi connectivity index (χ0v) is 11.9. The van der Waals surface area contributed by atoms with Gasteiger partial charge in [0.2, 0.25) is 5.91 Å². The molecule has 1 aromatic carbocycles. The van der Waals surface area contributed by atoms with Crippen molar-refractivity contribution in [1.29, 1.82) is 0 Å². The van der Waals surface area contributed by atoms with Gasteiger partial charge in [0.05, 0.1) is 18.6 Å². The first kappa shape index (κ1) is 14.7. The lowest BCUT2D eigenvalue weighted by molar-refractivity contribution is -0.117. The van der Waals surface area contributed by atoms with Crippen LogP contribution >= 0.6 is 0 Å². The number of esters is 1. The number of pyridine rings is 1. The highest BCUT2D eigenvalue weighted by atomic mass is 16.5. The predicted molar refractivity (Wildman–Crippen MR) is 79.1 cm³/mol. The van der Waals surface area contributed by atoms with Gasteiger partial charge in [-0.15, -0.1) is 0 Å². The summed E-state index contributed by atoms with van der Waals surface area (Å²) in [6, 6.07) is 12.5.